The molecule has 0 bridgehead atoms. The lowest BCUT2D eigenvalue weighted by atomic mass is 10.1. The Balaban J connectivity index is 2.31. The number of rotatable bonds is 3. The standard InChI is InChI=1S/C12H10N3O/c13-12(16)10-5-3-7-15-11(10)8-9-4-1-2-6-14-9/h1-8H,(H2,13,16). The molecule has 0 aliphatic carbocycles. The Morgan fingerprint density at radius 1 is 1.12 bits per heavy atom. The van der Waals surface area contributed by atoms with Crippen molar-refractivity contribution in [3.05, 3.63) is 66.1 Å². The van der Waals surface area contributed by atoms with E-state index in [0.717, 1.165) is 5.69 Å². The van der Waals surface area contributed by atoms with E-state index in [1.165, 1.54) is 0 Å². The van der Waals surface area contributed by atoms with Crippen molar-refractivity contribution in [1.82, 2.24) is 9.97 Å². The van der Waals surface area contributed by atoms with Crippen LogP contribution >= 0.6 is 0 Å². The Hall–Kier alpha value is -2.23. The second kappa shape index (κ2) is 4.53. The summed E-state index contributed by atoms with van der Waals surface area (Å²) in [6, 6.07) is 8.84. The SMILES string of the molecule is NC(=O)c1cccnc1[CH]c1ccccn1. The Kier molecular flexibility index (Phi) is 2.91. The van der Waals surface area contributed by atoms with Gasteiger partial charge in [0, 0.05) is 12.4 Å². The smallest absolute Gasteiger partial charge is 0.250 e. The number of hydrogen-bond acceptors (Lipinski definition) is 3. The molecule has 0 saturated heterocycles. The Labute approximate surface area is 93.2 Å². The fourth-order valence-electron chi connectivity index (χ4n) is 1.34. The minimum Gasteiger partial charge on any atom is -0.366 e. The van der Waals surface area contributed by atoms with E-state index in [1.807, 2.05) is 18.2 Å². The molecule has 0 aliphatic rings. The zero-order valence-electron chi connectivity index (χ0n) is 8.50. The first-order chi connectivity index (χ1) is 7.77. The molecule has 1 amide bonds. The van der Waals surface area contributed by atoms with E-state index >= 15 is 0 Å². The van der Waals surface area contributed by atoms with E-state index in [-0.39, 0.29) is 0 Å². The van der Waals surface area contributed by atoms with Gasteiger partial charge in [0.15, 0.2) is 0 Å². The Morgan fingerprint density at radius 2 is 1.94 bits per heavy atom. The van der Waals surface area contributed by atoms with E-state index in [0.29, 0.717) is 11.3 Å². The fourth-order valence-corrected chi connectivity index (χ4v) is 1.34. The lowest BCUT2D eigenvalue weighted by molar-refractivity contribution is 0.0999. The van der Waals surface area contributed by atoms with Gasteiger partial charge >= 0.3 is 0 Å². The van der Waals surface area contributed by atoms with Gasteiger partial charge < -0.3 is 5.73 Å². The molecule has 4 heteroatoms. The molecular weight excluding hydrogens is 202 g/mol. The third-order valence-corrected chi connectivity index (χ3v) is 2.08. The fraction of sp³-hybridized carbons (Fsp3) is 0. The Morgan fingerprint density at radius 3 is 2.62 bits per heavy atom. The number of primary amides is 1. The van der Waals surface area contributed by atoms with Gasteiger partial charge in [-0.05, 0) is 24.3 Å². The molecule has 0 unspecified atom stereocenters. The largest absolute Gasteiger partial charge is 0.366 e. The maximum absolute atomic E-state index is 11.2. The van der Waals surface area contributed by atoms with Gasteiger partial charge in [-0.2, -0.15) is 0 Å². The van der Waals surface area contributed by atoms with Crippen LogP contribution in [0.4, 0.5) is 0 Å². The maximum Gasteiger partial charge on any atom is 0.250 e. The lowest BCUT2D eigenvalue weighted by Crippen LogP contribution is -2.14. The number of amides is 1. The predicted octanol–water partition coefficient (Wildman–Crippen LogP) is 1.18. The summed E-state index contributed by atoms with van der Waals surface area (Å²) in [6.45, 7) is 0. The average molecular weight is 212 g/mol. The van der Waals surface area contributed by atoms with Crippen LogP contribution in [0.25, 0.3) is 0 Å². The third kappa shape index (κ3) is 2.23. The first kappa shape index (κ1) is 10.3. The normalized spacial score (nSPS) is 10.0. The molecule has 0 spiro atoms. The number of hydrogen-bond donors (Lipinski definition) is 1. The maximum atomic E-state index is 11.2. The number of nitrogens with two attached hydrogens (primary N) is 1. The molecule has 4 nitrogen and oxygen atoms in total. The minimum absolute atomic E-state index is 0.396. The predicted molar refractivity (Wildman–Crippen MR) is 59.5 cm³/mol. The summed E-state index contributed by atoms with van der Waals surface area (Å²) in [5, 5.41) is 0. The van der Waals surface area contributed by atoms with Gasteiger partial charge in [-0.3, -0.25) is 14.8 Å². The number of carbonyl (C=O) groups is 1. The van der Waals surface area contributed by atoms with Gasteiger partial charge in [-0.25, -0.2) is 0 Å². The average Bonchev–Trinajstić information content (AvgIpc) is 2.31. The van der Waals surface area contributed by atoms with Gasteiger partial charge in [-0.1, -0.05) is 6.07 Å². The van der Waals surface area contributed by atoms with Crippen molar-refractivity contribution in [2.75, 3.05) is 0 Å². The molecule has 1 radical (unpaired) electrons. The summed E-state index contributed by atoms with van der Waals surface area (Å²) in [4.78, 5) is 19.4. The molecule has 2 aromatic rings. The summed E-state index contributed by atoms with van der Waals surface area (Å²) in [5.74, 6) is -0.490. The van der Waals surface area contributed by atoms with Crippen molar-refractivity contribution in [2.24, 2.45) is 5.73 Å². The van der Waals surface area contributed by atoms with Crippen LogP contribution in [0, 0.1) is 6.42 Å². The van der Waals surface area contributed by atoms with E-state index < -0.39 is 5.91 Å². The minimum atomic E-state index is -0.490. The molecule has 0 atom stereocenters. The third-order valence-electron chi connectivity index (χ3n) is 2.08. The van der Waals surface area contributed by atoms with Crippen LogP contribution in [0.3, 0.4) is 0 Å². The van der Waals surface area contributed by atoms with Crippen LogP contribution in [-0.4, -0.2) is 15.9 Å². The van der Waals surface area contributed by atoms with Crippen molar-refractivity contribution in [3.63, 3.8) is 0 Å². The van der Waals surface area contributed by atoms with E-state index in [9.17, 15) is 4.79 Å². The first-order valence-electron chi connectivity index (χ1n) is 4.78. The number of aromatic nitrogens is 2. The highest BCUT2D eigenvalue weighted by molar-refractivity contribution is 5.94. The number of nitrogens with zero attached hydrogens (tertiary/aromatic N) is 2. The quantitative estimate of drug-likeness (QED) is 0.830. The molecule has 0 aliphatic heterocycles. The summed E-state index contributed by atoms with van der Waals surface area (Å²) >= 11 is 0. The second-order valence-electron chi connectivity index (χ2n) is 3.20. The van der Waals surface area contributed by atoms with Crippen LogP contribution in [0.2, 0.25) is 0 Å². The van der Waals surface area contributed by atoms with Crippen LogP contribution in [0.5, 0.6) is 0 Å². The molecule has 0 saturated carbocycles. The highest BCUT2D eigenvalue weighted by Crippen LogP contribution is 2.11. The van der Waals surface area contributed by atoms with Gasteiger partial charge in [-0.15, -0.1) is 0 Å². The first-order valence-corrected chi connectivity index (χ1v) is 4.78. The summed E-state index contributed by atoms with van der Waals surface area (Å²) in [7, 11) is 0. The molecule has 2 rings (SSSR count). The van der Waals surface area contributed by atoms with Crippen molar-refractivity contribution in [2.45, 2.75) is 0 Å². The molecule has 2 aromatic heterocycles. The Bertz CT molecular complexity index is 497. The van der Waals surface area contributed by atoms with E-state index in [4.69, 9.17) is 5.73 Å². The molecule has 2 N–H and O–H groups in total. The zero-order valence-corrected chi connectivity index (χ0v) is 8.50. The molecule has 79 valence electrons. The molecular formula is C12H10N3O. The monoisotopic (exact) mass is 212 g/mol. The second-order valence-corrected chi connectivity index (χ2v) is 3.20. The van der Waals surface area contributed by atoms with Crippen molar-refractivity contribution in [1.29, 1.82) is 0 Å². The van der Waals surface area contributed by atoms with Gasteiger partial charge in [0.1, 0.15) is 0 Å². The van der Waals surface area contributed by atoms with Crippen LogP contribution in [0.1, 0.15) is 21.7 Å². The lowest BCUT2D eigenvalue weighted by Gasteiger charge is -2.03. The highest BCUT2D eigenvalue weighted by atomic mass is 16.1. The van der Waals surface area contributed by atoms with Crippen LogP contribution in [-0.2, 0) is 0 Å². The summed E-state index contributed by atoms with van der Waals surface area (Å²) in [6.07, 6.45) is 5.01. The van der Waals surface area contributed by atoms with Gasteiger partial charge in [0.2, 0.25) is 0 Å². The van der Waals surface area contributed by atoms with Crippen molar-refractivity contribution < 1.29 is 4.79 Å². The highest BCUT2D eigenvalue weighted by Gasteiger charge is 2.09. The van der Waals surface area contributed by atoms with Gasteiger partial charge in [0.05, 0.1) is 23.4 Å². The van der Waals surface area contributed by atoms with Crippen LogP contribution in [0.15, 0.2) is 42.7 Å². The molecule has 2 heterocycles. The number of carbonyl (C=O) groups excluding carboxylic acids is 1. The summed E-state index contributed by atoms with van der Waals surface area (Å²) in [5.41, 5.74) is 6.92. The van der Waals surface area contributed by atoms with Gasteiger partial charge in [0.25, 0.3) is 5.91 Å². The zero-order chi connectivity index (χ0) is 11.4. The molecule has 0 aromatic carbocycles. The van der Waals surface area contributed by atoms with Crippen molar-refractivity contribution >= 4 is 5.91 Å². The van der Waals surface area contributed by atoms with E-state index in [2.05, 4.69) is 9.97 Å². The molecule has 16 heavy (non-hydrogen) atoms. The number of pyridine rings is 2. The topological polar surface area (TPSA) is 68.9 Å². The van der Waals surface area contributed by atoms with Crippen LogP contribution < -0.4 is 5.73 Å². The van der Waals surface area contributed by atoms with E-state index in [1.54, 1.807) is 30.9 Å². The summed E-state index contributed by atoms with van der Waals surface area (Å²) < 4.78 is 0. The van der Waals surface area contributed by atoms with Crippen molar-refractivity contribution in [3.8, 4) is 0 Å². The molecule has 0 fully saturated rings.